The zero-order chi connectivity index (χ0) is 13.7. The van der Waals surface area contributed by atoms with E-state index in [1.54, 1.807) is 7.11 Å². The molecule has 1 unspecified atom stereocenters. The Labute approximate surface area is 123 Å². The number of hydrogen-bond acceptors (Lipinski definition) is 2. The summed E-state index contributed by atoms with van der Waals surface area (Å²) in [5, 5.41) is 0. The van der Waals surface area contributed by atoms with Crippen molar-refractivity contribution < 1.29 is 9.53 Å². The molecule has 0 amide bonds. The second-order valence-electron chi connectivity index (χ2n) is 5.32. The Bertz CT molecular complexity index is 407. The molecule has 0 spiro atoms. The number of Topliss-reactive ketones (excluding diaryl/α,β-unsaturated/α-hetero) is 1. The lowest BCUT2D eigenvalue weighted by molar-refractivity contribution is -0.132. The van der Waals surface area contributed by atoms with Crippen LogP contribution < -0.4 is 0 Å². The van der Waals surface area contributed by atoms with Gasteiger partial charge in [-0.05, 0) is 36.5 Å². The summed E-state index contributed by atoms with van der Waals surface area (Å²) in [5.41, 5.74) is 1.06. The van der Waals surface area contributed by atoms with Gasteiger partial charge >= 0.3 is 0 Å². The SMILES string of the molecule is COC(C(=O)Cc1ccc(Br)cc1)C1CCCCC1. The normalized spacial score (nSPS) is 18.2. The van der Waals surface area contributed by atoms with Gasteiger partial charge in [-0.2, -0.15) is 0 Å². The number of halogens is 1. The summed E-state index contributed by atoms with van der Waals surface area (Å²) in [6.07, 6.45) is 6.28. The first kappa shape index (κ1) is 14.7. The molecule has 1 fully saturated rings. The molecule has 0 radical (unpaired) electrons. The minimum Gasteiger partial charge on any atom is -0.373 e. The number of rotatable bonds is 5. The largest absolute Gasteiger partial charge is 0.373 e. The van der Waals surface area contributed by atoms with Crippen LogP contribution in [0.3, 0.4) is 0 Å². The highest BCUT2D eigenvalue weighted by Gasteiger charge is 2.29. The summed E-state index contributed by atoms with van der Waals surface area (Å²) in [6, 6.07) is 7.95. The second kappa shape index (κ2) is 7.20. The Morgan fingerprint density at radius 1 is 1.26 bits per heavy atom. The van der Waals surface area contributed by atoms with E-state index in [0.717, 1.165) is 22.9 Å². The van der Waals surface area contributed by atoms with Crippen molar-refractivity contribution in [1.82, 2.24) is 0 Å². The minimum absolute atomic E-state index is 0.219. The van der Waals surface area contributed by atoms with Crippen LogP contribution in [-0.2, 0) is 16.0 Å². The fraction of sp³-hybridized carbons (Fsp3) is 0.562. The van der Waals surface area contributed by atoms with Gasteiger partial charge in [-0.25, -0.2) is 0 Å². The molecule has 1 aromatic carbocycles. The standard InChI is InChI=1S/C16H21BrO2/c1-19-16(13-5-3-2-4-6-13)15(18)11-12-7-9-14(17)10-8-12/h7-10,13,16H,2-6,11H2,1H3. The number of carbonyl (C=O) groups excluding carboxylic acids is 1. The van der Waals surface area contributed by atoms with Crippen LogP contribution in [-0.4, -0.2) is 19.0 Å². The molecule has 1 aromatic rings. The lowest BCUT2D eigenvalue weighted by atomic mass is 9.82. The van der Waals surface area contributed by atoms with E-state index in [2.05, 4.69) is 15.9 Å². The maximum atomic E-state index is 12.4. The van der Waals surface area contributed by atoms with Gasteiger partial charge in [-0.1, -0.05) is 47.3 Å². The Morgan fingerprint density at radius 2 is 1.89 bits per heavy atom. The Hall–Kier alpha value is -0.670. The van der Waals surface area contributed by atoms with Gasteiger partial charge in [0.25, 0.3) is 0 Å². The van der Waals surface area contributed by atoms with E-state index in [-0.39, 0.29) is 11.9 Å². The van der Waals surface area contributed by atoms with Crippen LogP contribution in [0.2, 0.25) is 0 Å². The first-order valence-electron chi connectivity index (χ1n) is 7.00. The molecule has 0 bridgehead atoms. The van der Waals surface area contributed by atoms with Crippen LogP contribution in [0.25, 0.3) is 0 Å². The summed E-state index contributed by atoms with van der Waals surface area (Å²) in [7, 11) is 1.67. The molecule has 2 nitrogen and oxygen atoms in total. The zero-order valence-corrected chi connectivity index (χ0v) is 13.0. The Morgan fingerprint density at radius 3 is 2.47 bits per heavy atom. The molecule has 0 heterocycles. The first-order chi connectivity index (χ1) is 9.20. The predicted molar refractivity (Wildman–Crippen MR) is 80.2 cm³/mol. The predicted octanol–water partition coefficient (Wildman–Crippen LogP) is 4.16. The summed E-state index contributed by atoms with van der Waals surface area (Å²) >= 11 is 3.41. The van der Waals surface area contributed by atoms with Crippen LogP contribution >= 0.6 is 15.9 Å². The van der Waals surface area contributed by atoms with E-state index >= 15 is 0 Å². The van der Waals surface area contributed by atoms with Crippen molar-refractivity contribution in [3.8, 4) is 0 Å². The lowest BCUT2D eigenvalue weighted by Crippen LogP contribution is -2.34. The van der Waals surface area contributed by atoms with Crippen molar-refractivity contribution in [2.75, 3.05) is 7.11 Å². The summed E-state index contributed by atoms with van der Waals surface area (Å²) in [4.78, 5) is 12.4. The summed E-state index contributed by atoms with van der Waals surface area (Å²) < 4.78 is 6.53. The molecule has 1 atom stereocenters. The van der Waals surface area contributed by atoms with Crippen molar-refractivity contribution in [1.29, 1.82) is 0 Å². The molecule has 2 rings (SSSR count). The highest BCUT2D eigenvalue weighted by atomic mass is 79.9. The first-order valence-corrected chi connectivity index (χ1v) is 7.80. The van der Waals surface area contributed by atoms with Crippen LogP contribution in [0.5, 0.6) is 0 Å². The number of ketones is 1. The van der Waals surface area contributed by atoms with Crippen LogP contribution in [0.1, 0.15) is 37.7 Å². The van der Waals surface area contributed by atoms with Crippen molar-refractivity contribution >= 4 is 21.7 Å². The van der Waals surface area contributed by atoms with Gasteiger partial charge in [0, 0.05) is 18.0 Å². The van der Waals surface area contributed by atoms with Crippen LogP contribution in [0.15, 0.2) is 28.7 Å². The minimum atomic E-state index is -0.219. The third-order valence-corrected chi connectivity index (χ3v) is 4.47. The molecule has 19 heavy (non-hydrogen) atoms. The lowest BCUT2D eigenvalue weighted by Gasteiger charge is -2.28. The van der Waals surface area contributed by atoms with Gasteiger partial charge < -0.3 is 4.74 Å². The quantitative estimate of drug-likeness (QED) is 0.813. The Kier molecular flexibility index (Phi) is 5.59. The van der Waals surface area contributed by atoms with Gasteiger partial charge in [0.1, 0.15) is 6.10 Å². The maximum Gasteiger partial charge on any atom is 0.166 e. The number of hydrogen-bond donors (Lipinski definition) is 0. The van der Waals surface area contributed by atoms with Crippen LogP contribution in [0.4, 0.5) is 0 Å². The monoisotopic (exact) mass is 324 g/mol. The zero-order valence-electron chi connectivity index (χ0n) is 11.4. The number of ether oxygens (including phenoxy) is 1. The molecule has 0 saturated heterocycles. The molecule has 0 aromatic heterocycles. The smallest absolute Gasteiger partial charge is 0.166 e. The van der Waals surface area contributed by atoms with Gasteiger partial charge in [-0.15, -0.1) is 0 Å². The van der Waals surface area contributed by atoms with E-state index in [1.807, 2.05) is 24.3 Å². The van der Waals surface area contributed by atoms with E-state index in [1.165, 1.54) is 19.3 Å². The fourth-order valence-electron chi connectivity index (χ4n) is 2.93. The molecule has 1 aliphatic carbocycles. The van der Waals surface area contributed by atoms with Crippen LogP contribution in [0, 0.1) is 5.92 Å². The molecule has 0 N–H and O–H groups in total. The van der Waals surface area contributed by atoms with Gasteiger partial charge in [0.15, 0.2) is 5.78 Å². The molecule has 3 heteroatoms. The summed E-state index contributed by atoms with van der Waals surface area (Å²) in [5.74, 6) is 0.637. The van der Waals surface area contributed by atoms with E-state index in [4.69, 9.17) is 4.74 Å². The average Bonchev–Trinajstić information content (AvgIpc) is 2.43. The van der Waals surface area contributed by atoms with Gasteiger partial charge in [0.2, 0.25) is 0 Å². The van der Waals surface area contributed by atoms with Gasteiger partial charge in [-0.3, -0.25) is 4.79 Å². The second-order valence-corrected chi connectivity index (χ2v) is 6.24. The van der Waals surface area contributed by atoms with E-state index in [9.17, 15) is 4.79 Å². The maximum absolute atomic E-state index is 12.4. The molecular weight excluding hydrogens is 304 g/mol. The highest BCUT2D eigenvalue weighted by Crippen LogP contribution is 2.28. The molecule has 104 valence electrons. The number of benzene rings is 1. The topological polar surface area (TPSA) is 26.3 Å². The van der Waals surface area contributed by atoms with E-state index < -0.39 is 0 Å². The van der Waals surface area contributed by atoms with Gasteiger partial charge in [0.05, 0.1) is 0 Å². The molecule has 1 saturated carbocycles. The van der Waals surface area contributed by atoms with E-state index in [0.29, 0.717) is 12.3 Å². The third-order valence-electron chi connectivity index (χ3n) is 3.94. The molecule has 0 aliphatic heterocycles. The summed E-state index contributed by atoms with van der Waals surface area (Å²) in [6.45, 7) is 0. The molecule has 1 aliphatic rings. The van der Waals surface area contributed by atoms with Crippen molar-refractivity contribution in [3.63, 3.8) is 0 Å². The third kappa shape index (κ3) is 4.15. The van der Waals surface area contributed by atoms with Crippen molar-refractivity contribution in [2.45, 2.75) is 44.6 Å². The van der Waals surface area contributed by atoms with Crippen molar-refractivity contribution in [3.05, 3.63) is 34.3 Å². The molecular formula is C16H21BrO2. The highest BCUT2D eigenvalue weighted by molar-refractivity contribution is 9.10. The van der Waals surface area contributed by atoms with Crippen molar-refractivity contribution in [2.24, 2.45) is 5.92 Å². The Balaban J connectivity index is 1.97. The number of carbonyl (C=O) groups is 1. The fourth-order valence-corrected chi connectivity index (χ4v) is 3.19. The average molecular weight is 325 g/mol. The number of methoxy groups -OCH3 is 1.